The van der Waals surface area contributed by atoms with Gasteiger partial charge in [0.1, 0.15) is 0 Å². The molecule has 0 spiro atoms. The fraction of sp³-hybridized carbons (Fsp3) is 0.214. The van der Waals surface area contributed by atoms with Gasteiger partial charge in [-0.3, -0.25) is 0 Å². The molecule has 0 fully saturated rings. The van der Waals surface area contributed by atoms with E-state index in [1.807, 2.05) is 32.0 Å². The second-order valence-corrected chi connectivity index (χ2v) is 4.61. The standard InChI is InChI=1S/C14H14F3N3/c1-8-4-5-9(6-12(8)20(2)3)18-14-11(16)7-10(15)13(17)19-14/h4-7H,1-3H3,(H,18,19). The molecule has 0 aliphatic carbocycles. The average Bonchev–Trinajstić information content (AvgIpc) is 2.37. The molecule has 0 saturated heterocycles. The highest BCUT2D eigenvalue weighted by atomic mass is 19.2. The third kappa shape index (κ3) is 2.84. The zero-order chi connectivity index (χ0) is 14.9. The summed E-state index contributed by atoms with van der Waals surface area (Å²) in [6.07, 6.45) is 0. The van der Waals surface area contributed by atoms with Crippen LogP contribution in [-0.4, -0.2) is 19.1 Å². The zero-order valence-electron chi connectivity index (χ0n) is 11.3. The summed E-state index contributed by atoms with van der Waals surface area (Å²) < 4.78 is 39.4. The summed E-state index contributed by atoms with van der Waals surface area (Å²) in [5.74, 6) is -3.95. The number of halogens is 3. The van der Waals surface area contributed by atoms with E-state index in [9.17, 15) is 13.2 Å². The first-order valence-corrected chi connectivity index (χ1v) is 5.95. The Labute approximate surface area is 115 Å². The van der Waals surface area contributed by atoms with E-state index in [4.69, 9.17) is 0 Å². The van der Waals surface area contributed by atoms with Gasteiger partial charge in [0.2, 0.25) is 0 Å². The lowest BCUT2D eigenvalue weighted by atomic mass is 10.1. The van der Waals surface area contributed by atoms with E-state index in [0.29, 0.717) is 11.8 Å². The lowest BCUT2D eigenvalue weighted by molar-refractivity contribution is 0.467. The van der Waals surface area contributed by atoms with Gasteiger partial charge in [0.05, 0.1) is 0 Å². The van der Waals surface area contributed by atoms with Gasteiger partial charge in [0, 0.05) is 31.5 Å². The maximum atomic E-state index is 13.5. The first-order chi connectivity index (χ1) is 9.38. The Morgan fingerprint density at radius 3 is 2.40 bits per heavy atom. The van der Waals surface area contributed by atoms with E-state index >= 15 is 0 Å². The van der Waals surface area contributed by atoms with Crippen LogP contribution in [0.25, 0.3) is 0 Å². The van der Waals surface area contributed by atoms with Crippen LogP contribution in [0.15, 0.2) is 24.3 Å². The molecule has 0 amide bonds. The van der Waals surface area contributed by atoms with Crippen molar-refractivity contribution in [1.29, 1.82) is 0 Å². The van der Waals surface area contributed by atoms with E-state index in [1.54, 1.807) is 12.1 Å². The van der Waals surface area contributed by atoms with E-state index in [-0.39, 0.29) is 5.82 Å². The van der Waals surface area contributed by atoms with Crippen LogP contribution in [0.4, 0.5) is 30.4 Å². The second-order valence-electron chi connectivity index (χ2n) is 4.61. The molecule has 1 aromatic carbocycles. The Balaban J connectivity index is 2.35. The van der Waals surface area contributed by atoms with Crippen LogP contribution in [-0.2, 0) is 0 Å². The van der Waals surface area contributed by atoms with E-state index in [0.717, 1.165) is 11.3 Å². The number of anilines is 3. The SMILES string of the molecule is Cc1ccc(Nc2nc(F)c(F)cc2F)cc1N(C)C. The van der Waals surface area contributed by atoms with Gasteiger partial charge in [-0.15, -0.1) is 0 Å². The van der Waals surface area contributed by atoms with E-state index < -0.39 is 17.6 Å². The number of pyridine rings is 1. The minimum Gasteiger partial charge on any atom is -0.377 e. The van der Waals surface area contributed by atoms with E-state index in [1.165, 1.54) is 0 Å². The highest BCUT2D eigenvalue weighted by Crippen LogP contribution is 2.25. The topological polar surface area (TPSA) is 28.2 Å². The third-order valence-electron chi connectivity index (χ3n) is 2.84. The summed E-state index contributed by atoms with van der Waals surface area (Å²) in [5, 5.41) is 2.64. The van der Waals surface area contributed by atoms with Gasteiger partial charge in [-0.05, 0) is 24.6 Å². The molecule has 6 heteroatoms. The van der Waals surface area contributed by atoms with Crippen LogP contribution in [0.3, 0.4) is 0 Å². The molecule has 0 aliphatic rings. The molecular formula is C14H14F3N3. The molecule has 1 aromatic heterocycles. The van der Waals surface area contributed by atoms with Crippen molar-refractivity contribution in [3.8, 4) is 0 Å². The number of hydrogen-bond acceptors (Lipinski definition) is 3. The van der Waals surface area contributed by atoms with Gasteiger partial charge >= 0.3 is 0 Å². The Hall–Kier alpha value is -2.24. The lowest BCUT2D eigenvalue weighted by Crippen LogP contribution is -2.10. The predicted molar refractivity (Wildman–Crippen MR) is 72.9 cm³/mol. The van der Waals surface area contributed by atoms with Crippen molar-refractivity contribution in [3.63, 3.8) is 0 Å². The van der Waals surface area contributed by atoms with Crippen LogP contribution in [0.5, 0.6) is 0 Å². The summed E-state index contributed by atoms with van der Waals surface area (Å²) in [5.41, 5.74) is 2.51. The van der Waals surface area contributed by atoms with Crippen LogP contribution >= 0.6 is 0 Å². The maximum Gasteiger partial charge on any atom is 0.251 e. The van der Waals surface area contributed by atoms with Crippen LogP contribution in [0.2, 0.25) is 0 Å². The van der Waals surface area contributed by atoms with Gasteiger partial charge in [-0.25, -0.2) is 8.78 Å². The molecular weight excluding hydrogens is 267 g/mol. The second kappa shape index (κ2) is 5.40. The van der Waals surface area contributed by atoms with E-state index in [2.05, 4.69) is 10.3 Å². The number of benzene rings is 1. The normalized spacial score (nSPS) is 10.5. The predicted octanol–water partition coefficient (Wildman–Crippen LogP) is 3.62. The maximum absolute atomic E-state index is 13.5. The number of nitrogens with one attached hydrogen (secondary N) is 1. The van der Waals surface area contributed by atoms with Crippen LogP contribution in [0.1, 0.15) is 5.56 Å². The summed E-state index contributed by atoms with van der Waals surface area (Å²) in [4.78, 5) is 5.12. The summed E-state index contributed by atoms with van der Waals surface area (Å²) in [6, 6.07) is 5.80. The molecule has 20 heavy (non-hydrogen) atoms. The molecule has 0 radical (unpaired) electrons. The van der Waals surface area contributed by atoms with Gasteiger partial charge in [-0.2, -0.15) is 9.37 Å². The first kappa shape index (κ1) is 14.2. The van der Waals surface area contributed by atoms with Crippen molar-refractivity contribution in [1.82, 2.24) is 4.98 Å². The lowest BCUT2D eigenvalue weighted by Gasteiger charge is -2.17. The molecule has 0 bridgehead atoms. The third-order valence-corrected chi connectivity index (χ3v) is 2.84. The van der Waals surface area contributed by atoms with Crippen molar-refractivity contribution in [2.75, 3.05) is 24.3 Å². The molecule has 0 atom stereocenters. The Kier molecular flexibility index (Phi) is 3.83. The Bertz CT molecular complexity index is 642. The number of aryl methyl sites for hydroxylation is 1. The van der Waals surface area contributed by atoms with Gasteiger partial charge in [0.15, 0.2) is 17.5 Å². The quantitative estimate of drug-likeness (QED) is 0.871. The molecule has 106 valence electrons. The number of hydrogen-bond donors (Lipinski definition) is 1. The smallest absolute Gasteiger partial charge is 0.251 e. The van der Waals surface area contributed by atoms with Crippen molar-refractivity contribution < 1.29 is 13.2 Å². The minimum absolute atomic E-state index is 0.350. The van der Waals surface area contributed by atoms with Crippen molar-refractivity contribution in [2.24, 2.45) is 0 Å². The fourth-order valence-corrected chi connectivity index (χ4v) is 1.84. The summed E-state index contributed by atoms with van der Waals surface area (Å²) >= 11 is 0. The van der Waals surface area contributed by atoms with Crippen LogP contribution in [0, 0.1) is 24.5 Å². The van der Waals surface area contributed by atoms with Crippen LogP contribution < -0.4 is 10.2 Å². The molecule has 1 N–H and O–H groups in total. The molecule has 0 aliphatic heterocycles. The summed E-state index contributed by atoms with van der Waals surface area (Å²) in [6.45, 7) is 1.94. The van der Waals surface area contributed by atoms with Gasteiger partial charge < -0.3 is 10.2 Å². The molecule has 2 aromatic rings. The monoisotopic (exact) mass is 281 g/mol. The summed E-state index contributed by atoms with van der Waals surface area (Å²) in [7, 11) is 3.75. The minimum atomic E-state index is -1.34. The molecule has 0 saturated carbocycles. The van der Waals surface area contributed by atoms with Crippen molar-refractivity contribution in [2.45, 2.75) is 6.92 Å². The molecule has 1 heterocycles. The van der Waals surface area contributed by atoms with Crippen molar-refractivity contribution >= 4 is 17.2 Å². The van der Waals surface area contributed by atoms with Gasteiger partial charge in [-0.1, -0.05) is 6.07 Å². The highest BCUT2D eigenvalue weighted by molar-refractivity contribution is 5.66. The molecule has 3 nitrogen and oxygen atoms in total. The zero-order valence-corrected chi connectivity index (χ0v) is 11.3. The van der Waals surface area contributed by atoms with Crippen molar-refractivity contribution in [3.05, 3.63) is 47.4 Å². The Morgan fingerprint density at radius 1 is 1.05 bits per heavy atom. The number of nitrogens with zero attached hydrogens (tertiary/aromatic N) is 2. The largest absolute Gasteiger partial charge is 0.377 e. The number of aromatic nitrogens is 1. The fourth-order valence-electron chi connectivity index (χ4n) is 1.84. The first-order valence-electron chi connectivity index (χ1n) is 5.95. The average molecular weight is 281 g/mol. The number of rotatable bonds is 3. The molecule has 2 rings (SSSR count). The van der Waals surface area contributed by atoms with Gasteiger partial charge in [0.25, 0.3) is 5.95 Å². The molecule has 0 unspecified atom stereocenters. The highest BCUT2D eigenvalue weighted by Gasteiger charge is 2.12. The Morgan fingerprint density at radius 2 is 1.75 bits per heavy atom.